The summed E-state index contributed by atoms with van der Waals surface area (Å²) in [5.41, 5.74) is 2.71. The first kappa shape index (κ1) is 11.1. The van der Waals surface area contributed by atoms with E-state index in [9.17, 15) is 5.11 Å². The highest BCUT2D eigenvalue weighted by atomic mass is 16.3. The molecule has 1 aliphatic rings. The molecule has 86 valence electrons. The second kappa shape index (κ2) is 4.24. The summed E-state index contributed by atoms with van der Waals surface area (Å²) < 4.78 is 0. The van der Waals surface area contributed by atoms with Crippen LogP contribution in [0.2, 0.25) is 0 Å². The fourth-order valence-corrected chi connectivity index (χ4v) is 2.07. The summed E-state index contributed by atoms with van der Waals surface area (Å²) in [5.74, 6) is 1.35. The van der Waals surface area contributed by atoms with Crippen LogP contribution in [0.5, 0.6) is 5.75 Å². The lowest BCUT2D eigenvalue weighted by molar-refractivity contribution is 0.435. The van der Waals surface area contributed by atoms with Crippen LogP contribution in [0.15, 0.2) is 17.3 Å². The van der Waals surface area contributed by atoms with E-state index in [1.807, 2.05) is 6.20 Å². The van der Waals surface area contributed by atoms with Crippen LogP contribution >= 0.6 is 0 Å². The predicted molar refractivity (Wildman–Crippen MR) is 65.0 cm³/mol. The minimum atomic E-state index is 0.255. The van der Waals surface area contributed by atoms with Gasteiger partial charge in [0.2, 0.25) is 0 Å². The van der Waals surface area contributed by atoms with Crippen LogP contribution in [0.3, 0.4) is 0 Å². The van der Waals surface area contributed by atoms with Gasteiger partial charge < -0.3 is 5.11 Å². The number of hydrogen-bond acceptors (Lipinski definition) is 3. The molecule has 0 spiro atoms. The number of aryl methyl sites for hydroxylation is 1. The number of aliphatic imine (C=N–C) groups is 1. The number of nitrogens with zero attached hydrogens (tertiary/aromatic N) is 2. The van der Waals surface area contributed by atoms with Crippen molar-refractivity contribution < 1.29 is 5.11 Å². The van der Waals surface area contributed by atoms with Gasteiger partial charge in [0.05, 0.1) is 5.69 Å². The largest absolute Gasteiger partial charge is 0.506 e. The highest BCUT2D eigenvalue weighted by Crippen LogP contribution is 2.26. The van der Waals surface area contributed by atoms with E-state index in [2.05, 4.69) is 23.8 Å². The number of rotatable bonds is 1. The Bertz CT molecular complexity index is 426. The minimum absolute atomic E-state index is 0.255. The van der Waals surface area contributed by atoms with Gasteiger partial charge in [0.25, 0.3) is 0 Å². The average Bonchev–Trinajstić information content (AvgIpc) is 2.26. The van der Waals surface area contributed by atoms with Crippen molar-refractivity contribution in [2.45, 2.75) is 27.2 Å². The molecule has 1 aliphatic heterocycles. The summed E-state index contributed by atoms with van der Waals surface area (Å²) in [4.78, 5) is 8.75. The number of hydrogen-bond donors (Lipinski definition) is 1. The summed E-state index contributed by atoms with van der Waals surface area (Å²) in [5, 5.41) is 9.67. The first-order chi connectivity index (χ1) is 7.59. The Morgan fingerprint density at radius 3 is 2.81 bits per heavy atom. The van der Waals surface area contributed by atoms with E-state index >= 15 is 0 Å². The molecule has 1 aromatic rings. The quantitative estimate of drug-likeness (QED) is 0.787. The van der Waals surface area contributed by atoms with Gasteiger partial charge in [-0.25, -0.2) is 0 Å². The number of pyridine rings is 1. The zero-order valence-corrected chi connectivity index (χ0v) is 10.1. The summed E-state index contributed by atoms with van der Waals surface area (Å²) in [6.45, 7) is 7.13. The van der Waals surface area contributed by atoms with Crippen molar-refractivity contribution in [2.75, 3.05) is 6.54 Å². The van der Waals surface area contributed by atoms with Gasteiger partial charge in [0.15, 0.2) is 0 Å². The normalized spacial score (nSPS) is 25.3. The molecule has 0 saturated carbocycles. The standard InChI is InChI=1S/C13H18N2O/c1-8-4-5-14-13(9(8)2)11-6-12(16)10(3)15-7-11/h6-9,16H,4-5H2,1-3H3. The van der Waals surface area contributed by atoms with E-state index in [1.54, 1.807) is 13.0 Å². The van der Waals surface area contributed by atoms with Crippen LogP contribution in [0.1, 0.15) is 31.5 Å². The highest BCUT2D eigenvalue weighted by molar-refractivity contribution is 6.02. The summed E-state index contributed by atoms with van der Waals surface area (Å²) in [7, 11) is 0. The second-order valence-corrected chi connectivity index (χ2v) is 4.65. The minimum Gasteiger partial charge on any atom is -0.506 e. The first-order valence-corrected chi connectivity index (χ1v) is 5.80. The maximum atomic E-state index is 9.67. The van der Waals surface area contributed by atoms with Crippen LogP contribution in [-0.4, -0.2) is 22.3 Å². The van der Waals surface area contributed by atoms with E-state index in [0.29, 0.717) is 17.5 Å². The zero-order chi connectivity index (χ0) is 11.7. The van der Waals surface area contributed by atoms with Crippen molar-refractivity contribution >= 4 is 5.71 Å². The zero-order valence-electron chi connectivity index (χ0n) is 10.1. The fraction of sp³-hybridized carbons (Fsp3) is 0.538. The third-order valence-electron chi connectivity index (χ3n) is 3.51. The van der Waals surface area contributed by atoms with Gasteiger partial charge in [-0.15, -0.1) is 0 Å². The molecule has 0 aliphatic carbocycles. The molecule has 0 saturated heterocycles. The average molecular weight is 218 g/mol. The fourth-order valence-electron chi connectivity index (χ4n) is 2.07. The van der Waals surface area contributed by atoms with Gasteiger partial charge in [0.1, 0.15) is 5.75 Å². The van der Waals surface area contributed by atoms with Gasteiger partial charge in [-0.2, -0.15) is 0 Å². The van der Waals surface area contributed by atoms with Crippen LogP contribution in [0, 0.1) is 18.8 Å². The Balaban J connectivity index is 2.36. The molecule has 3 heteroatoms. The molecule has 2 unspecified atom stereocenters. The van der Waals surface area contributed by atoms with Gasteiger partial charge in [-0.1, -0.05) is 13.8 Å². The third kappa shape index (κ3) is 1.94. The lowest BCUT2D eigenvalue weighted by Gasteiger charge is -2.26. The van der Waals surface area contributed by atoms with E-state index < -0.39 is 0 Å². The van der Waals surface area contributed by atoms with E-state index in [-0.39, 0.29) is 5.75 Å². The molecule has 0 aromatic carbocycles. The molecule has 0 radical (unpaired) electrons. The Morgan fingerprint density at radius 1 is 1.38 bits per heavy atom. The summed E-state index contributed by atoms with van der Waals surface area (Å²) in [6.07, 6.45) is 2.96. The molecule has 2 rings (SSSR count). The lowest BCUT2D eigenvalue weighted by atomic mass is 9.84. The second-order valence-electron chi connectivity index (χ2n) is 4.65. The molecule has 0 fully saturated rings. The molecule has 0 bridgehead atoms. The van der Waals surface area contributed by atoms with Gasteiger partial charge >= 0.3 is 0 Å². The summed E-state index contributed by atoms with van der Waals surface area (Å²) in [6, 6.07) is 1.77. The van der Waals surface area contributed by atoms with Crippen molar-refractivity contribution in [3.63, 3.8) is 0 Å². The predicted octanol–water partition coefficient (Wildman–Crippen LogP) is 2.56. The molecule has 1 N–H and O–H groups in total. The molecule has 1 aromatic heterocycles. The van der Waals surface area contributed by atoms with Crippen LogP contribution in [0.25, 0.3) is 0 Å². The van der Waals surface area contributed by atoms with Crippen molar-refractivity contribution in [3.8, 4) is 5.75 Å². The molecule has 2 atom stereocenters. The Kier molecular flexibility index (Phi) is 2.95. The maximum absolute atomic E-state index is 9.67. The van der Waals surface area contributed by atoms with Crippen LogP contribution in [-0.2, 0) is 0 Å². The molecule has 3 nitrogen and oxygen atoms in total. The topological polar surface area (TPSA) is 45.5 Å². The Morgan fingerprint density at radius 2 is 2.12 bits per heavy atom. The SMILES string of the molecule is Cc1ncc(C2=NCCC(C)C2C)cc1O. The monoisotopic (exact) mass is 218 g/mol. The Hall–Kier alpha value is -1.38. The van der Waals surface area contributed by atoms with E-state index in [1.165, 1.54) is 0 Å². The van der Waals surface area contributed by atoms with Crippen molar-refractivity contribution in [1.82, 2.24) is 4.98 Å². The molecular formula is C13H18N2O. The van der Waals surface area contributed by atoms with Crippen molar-refractivity contribution in [2.24, 2.45) is 16.8 Å². The molecule has 16 heavy (non-hydrogen) atoms. The highest BCUT2D eigenvalue weighted by Gasteiger charge is 2.23. The molecular weight excluding hydrogens is 200 g/mol. The smallest absolute Gasteiger partial charge is 0.137 e. The van der Waals surface area contributed by atoms with Gasteiger partial charge in [0, 0.05) is 29.9 Å². The van der Waals surface area contributed by atoms with Gasteiger partial charge in [-0.3, -0.25) is 9.98 Å². The van der Waals surface area contributed by atoms with Crippen LogP contribution in [0.4, 0.5) is 0 Å². The van der Waals surface area contributed by atoms with Crippen molar-refractivity contribution in [1.29, 1.82) is 0 Å². The Labute approximate surface area is 96.3 Å². The number of aromatic hydroxyl groups is 1. The third-order valence-corrected chi connectivity index (χ3v) is 3.51. The van der Waals surface area contributed by atoms with E-state index in [4.69, 9.17) is 0 Å². The van der Waals surface area contributed by atoms with E-state index in [0.717, 1.165) is 24.2 Å². The van der Waals surface area contributed by atoms with Crippen LogP contribution < -0.4 is 0 Å². The summed E-state index contributed by atoms with van der Waals surface area (Å²) >= 11 is 0. The number of aromatic nitrogens is 1. The first-order valence-electron chi connectivity index (χ1n) is 5.80. The molecule has 2 heterocycles. The van der Waals surface area contributed by atoms with Crippen molar-refractivity contribution in [3.05, 3.63) is 23.5 Å². The maximum Gasteiger partial charge on any atom is 0.137 e. The lowest BCUT2D eigenvalue weighted by Crippen LogP contribution is -2.25. The molecule has 0 amide bonds. The van der Waals surface area contributed by atoms with Gasteiger partial charge in [-0.05, 0) is 25.3 Å².